The summed E-state index contributed by atoms with van der Waals surface area (Å²) in [4.78, 5) is 32.0. The minimum atomic E-state index is 0. The fourth-order valence-electron chi connectivity index (χ4n) is 6.23. The van der Waals surface area contributed by atoms with Crippen molar-refractivity contribution in [3.05, 3.63) is 0 Å². The number of likely N-dealkylation sites (tertiary alicyclic amines) is 2. The van der Waals surface area contributed by atoms with Crippen LogP contribution in [0.25, 0.3) is 0 Å². The van der Waals surface area contributed by atoms with Gasteiger partial charge >= 0.3 is 6.03 Å². The number of hydrogen-bond acceptors (Lipinski definition) is 3. The Labute approximate surface area is 170 Å². The third-order valence-electron chi connectivity index (χ3n) is 8.33. The molecule has 2 aliphatic carbocycles. The Balaban J connectivity index is 0.00000205. The standard InChI is InChI=1S/C22H36N4O2.H2/c1-22(10-14-24(15-11-22)20(27)16-6-7-16)25-12-8-17(9-13-25)26-19-5-3-2-4-18(19)23-21(26)28;/h16-19H,2-15H2,1H3,(H,23,28);1H/t18-,19-;/m1./s1. The molecular weight excluding hydrogens is 352 g/mol. The summed E-state index contributed by atoms with van der Waals surface area (Å²) in [7, 11) is 0. The lowest BCUT2D eigenvalue weighted by atomic mass is 9.84. The average molecular weight is 391 g/mol. The van der Waals surface area contributed by atoms with Crippen LogP contribution >= 0.6 is 0 Å². The van der Waals surface area contributed by atoms with Crippen molar-refractivity contribution >= 4 is 11.9 Å². The third-order valence-corrected chi connectivity index (χ3v) is 8.33. The SMILES string of the molecule is CC1(N2CCC(N3C(=O)N[C@@H]4CCCC[C@H]43)CC2)CCN(C(=O)C2CC2)CC1.[HH]. The molecule has 0 aromatic rings. The molecule has 6 nitrogen and oxygen atoms in total. The van der Waals surface area contributed by atoms with Crippen LogP contribution < -0.4 is 5.32 Å². The molecule has 3 amide bonds. The van der Waals surface area contributed by atoms with Crippen molar-refractivity contribution in [3.8, 4) is 0 Å². The Hall–Kier alpha value is -1.30. The lowest BCUT2D eigenvalue weighted by molar-refractivity contribution is -0.135. The van der Waals surface area contributed by atoms with E-state index in [-0.39, 0.29) is 13.0 Å². The van der Waals surface area contributed by atoms with Gasteiger partial charge < -0.3 is 15.1 Å². The Bertz CT molecular complexity index is 624. The van der Waals surface area contributed by atoms with Crippen LogP contribution in [-0.4, -0.2) is 76.5 Å². The summed E-state index contributed by atoms with van der Waals surface area (Å²) < 4.78 is 0. The predicted molar refractivity (Wildman–Crippen MR) is 110 cm³/mol. The molecule has 0 radical (unpaired) electrons. The maximum atomic E-state index is 12.6. The smallest absolute Gasteiger partial charge is 0.318 e. The van der Waals surface area contributed by atoms with Gasteiger partial charge in [0.2, 0.25) is 5.91 Å². The highest BCUT2D eigenvalue weighted by atomic mass is 16.2. The van der Waals surface area contributed by atoms with Gasteiger partial charge in [0.15, 0.2) is 0 Å². The van der Waals surface area contributed by atoms with E-state index in [0.29, 0.717) is 30.0 Å². The molecule has 0 bridgehead atoms. The van der Waals surface area contributed by atoms with Gasteiger partial charge in [-0.15, -0.1) is 0 Å². The molecule has 3 heterocycles. The lowest BCUT2D eigenvalue weighted by Gasteiger charge is -2.50. The topological polar surface area (TPSA) is 55.9 Å². The second kappa shape index (κ2) is 7.19. The summed E-state index contributed by atoms with van der Waals surface area (Å²) in [5.74, 6) is 0.748. The molecule has 5 aliphatic rings. The summed E-state index contributed by atoms with van der Waals surface area (Å²) in [5, 5.41) is 3.25. The molecule has 2 atom stereocenters. The van der Waals surface area contributed by atoms with Crippen LogP contribution in [0.1, 0.15) is 72.6 Å². The van der Waals surface area contributed by atoms with Crippen molar-refractivity contribution in [2.75, 3.05) is 26.2 Å². The van der Waals surface area contributed by atoms with E-state index in [2.05, 4.69) is 26.9 Å². The zero-order chi connectivity index (χ0) is 19.3. The van der Waals surface area contributed by atoms with Crippen LogP contribution in [-0.2, 0) is 4.79 Å². The molecule has 0 aromatic carbocycles. The molecule has 5 rings (SSSR count). The number of carbonyl (C=O) groups is 2. The van der Waals surface area contributed by atoms with Gasteiger partial charge in [0.05, 0.1) is 12.1 Å². The van der Waals surface area contributed by atoms with E-state index in [4.69, 9.17) is 0 Å². The van der Waals surface area contributed by atoms with Crippen molar-refractivity contribution in [1.29, 1.82) is 0 Å². The molecule has 0 unspecified atom stereocenters. The number of carbonyl (C=O) groups excluding carboxylic acids is 2. The molecule has 6 heteroatoms. The Morgan fingerprint density at radius 1 is 1.00 bits per heavy atom. The minimum Gasteiger partial charge on any atom is -0.342 e. The molecule has 28 heavy (non-hydrogen) atoms. The summed E-state index contributed by atoms with van der Waals surface area (Å²) in [6.07, 6.45) is 11.4. The Kier molecular flexibility index (Phi) is 4.80. The molecule has 3 saturated heterocycles. The van der Waals surface area contributed by atoms with Gasteiger partial charge in [0, 0.05) is 45.1 Å². The fourth-order valence-corrected chi connectivity index (χ4v) is 6.23. The highest BCUT2D eigenvalue weighted by Crippen LogP contribution is 2.37. The number of hydrogen-bond donors (Lipinski definition) is 1. The molecular formula is C22H38N4O2. The highest BCUT2D eigenvalue weighted by Gasteiger charge is 2.46. The first kappa shape index (κ1) is 18.7. The second-order valence-electron chi connectivity index (χ2n) is 10.1. The summed E-state index contributed by atoms with van der Waals surface area (Å²) in [5.41, 5.74) is 0.214. The van der Waals surface area contributed by atoms with E-state index in [1.807, 2.05) is 0 Å². The summed E-state index contributed by atoms with van der Waals surface area (Å²) in [6, 6.07) is 1.42. The number of urea groups is 1. The monoisotopic (exact) mass is 390 g/mol. The Morgan fingerprint density at radius 3 is 2.36 bits per heavy atom. The molecule has 3 aliphatic heterocycles. The van der Waals surface area contributed by atoms with E-state index < -0.39 is 0 Å². The number of nitrogens with one attached hydrogen (secondary N) is 1. The van der Waals surface area contributed by atoms with Crippen LogP contribution in [0.3, 0.4) is 0 Å². The van der Waals surface area contributed by atoms with E-state index in [0.717, 1.165) is 71.1 Å². The van der Waals surface area contributed by atoms with Crippen molar-refractivity contribution < 1.29 is 11.0 Å². The number of fused-ring (bicyclic) bond motifs is 1. The minimum absolute atomic E-state index is 0. The van der Waals surface area contributed by atoms with Gasteiger partial charge in [-0.3, -0.25) is 9.69 Å². The molecule has 5 fully saturated rings. The van der Waals surface area contributed by atoms with Crippen molar-refractivity contribution in [3.63, 3.8) is 0 Å². The predicted octanol–water partition coefficient (Wildman–Crippen LogP) is 2.82. The van der Waals surface area contributed by atoms with E-state index >= 15 is 0 Å². The largest absolute Gasteiger partial charge is 0.342 e. The molecule has 2 saturated carbocycles. The first-order valence-corrected chi connectivity index (χ1v) is 11.7. The lowest BCUT2D eigenvalue weighted by Crippen LogP contribution is -2.59. The maximum absolute atomic E-state index is 12.6. The van der Waals surface area contributed by atoms with Crippen LogP contribution in [0.2, 0.25) is 0 Å². The van der Waals surface area contributed by atoms with E-state index in [1.54, 1.807) is 0 Å². The molecule has 158 valence electrons. The summed E-state index contributed by atoms with van der Waals surface area (Å²) >= 11 is 0. The van der Waals surface area contributed by atoms with Gasteiger partial charge in [-0.05, 0) is 58.3 Å². The Morgan fingerprint density at radius 2 is 1.68 bits per heavy atom. The highest BCUT2D eigenvalue weighted by molar-refractivity contribution is 5.81. The second-order valence-corrected chi connectivity index (χ2v) is 10.1. The number of nitrogens with zero attached hydrogens (tertiary/aromatic N) is 3. The zero-order valence-corrected chi connectivity index (χ0v) is 17.4. The number of amides is 3. The maximum Gasteiger partial charge on any atom is 0.318 e. The van der Waals surface area contributed by atoms with Crippen molar-refractivity contribution in [2.45, 2.75) is 94.8 Å². The zero-order valence-electron chi connectivity index (χ0n) is 17.4. The van der Waals surface area contributed by atoms with Crippen LogP contribution in [0.15, 0.2) is 0 Å². The molecule has 1 N–H and O–H groups in total. The van der Waals surface area contributed by atoms with Gasteiger partial charge in [0.1, 0.15) is 0 Å². The van der Waals surface area contributed by atoms with Crippen molar-refractivity contribution in [2.24, 2.45) is 5.92 Å². The summed E-state index contributed by atoms with van der Waals surface area (Å²) in [6.45, 7) is 6.40. The van der Waals surface area contributed by atoms with Gasteiger partial charge in [-0.1, -0.05) is 12.8 Å². The average Bonchev–Trinajstić information content (AvgIpc) is 3.50. The normalized spacial score (nSPS) is 34.2. The molecule has 0 spiro atoms. The van der Waals surface area contributed by atoms with Crippen molar-refractivity contribution in [1.82, 2.24) is 20.0 Å². The first-order chi connectivity index (χ1) is 13.5. The quantitative estimate of drug-likeness (QED) is 0.806. The first-order valence-electron chi connectivity index (χ1n) is 11.7. The van der Waals surface area contributed by atoms with Crippen LogP contribution in [0.5, 0.6) is 0 Å². The fraction of sp³-hybridized carbons (Fsp3) is 0.909. The van der Waals surface area contributed by atoms with Crippen LogP contribution in [0, 0.1) is 5.92 Å². The van der Waals surface area contributed by atoms with Gasteiger partial charge in [-0.2, -0.15) is 0 Å². The van der Waals surface area contributed by atoms with E-state index in [1.165, 1.54) is 19.3 Å². The third kappa shape index (κ3) is 3.31. The number of rotatable bonds is 3. The van der Waals surface area contributed by atoms with E-state index in [9.17, 15) is 9.59 Å². The van der Waals surface area contributed by atoms with Crippen LogP contribution in [0.4, 0.5) is 4.79 Å². The molecule has 0 aromatic heterocycles. The van der Waals surface area contributed by atoms with Gasteiger partial charge in [0.25, 0.3) is 0 Å². The number of piperidine rings is 2. The van der Waals surface area contributed by atoms with Gasteiger partial charge in [-0.25, -0.2) is 4.79 Å².